The van der Waals surface area contributed by atoms with Gasteiger partial charge in [0.2, 0.25) is 15.9 Å². The number of ether oxygens (including phenoxy) is 1. The number of morpholine rings is 1. The van der Waals surface area contributed by atoms with Crippen molar-refractivity contribution in [3.05, 3.63) is 0 Å². The Morgan fingerprint density at radius 3 is 2.94 bits per heavy atom. The van der Waals surface area contributed by atoms with Crippen LogP contribution in [-0.4, -0.2) is 56.7 Å². The molecule has 0 aromatic rings. The molecule has 2 fully saturated rings. The van der Waals surface area contributed by atoms with Crippen molar-refractivity contribution in [2.45, 2.75) is 25.4 Å². The highest BCUT2D eigenvalue weighted by Gasteiger charge is 2.31. The predicted molar refractivity (Wildman–Crippen MR) is 62.0 cm³/mol. The molecule has 2 rings (SSSR count). The van der Waals surface area contributed by atoms with Crippen LogP contribution in [0.1, 0.15) is 19.3 Å². The Hall–Kier alpha value is -0.660. The van der Waals surface area contributed by atoms with Crippen molar-refractivity contribution in [3.63, 3.8) is 0 Å². The van der Waals surface area contributed by atoms with E-state index in [1.807, 2.05) is 0 Å². The third kappa shape index (κ3) is 3.17. The smallest absolute Gasteiger partial charge is 0.237 e. The first-order valence-electron chi connectivity index (χ1n) is 5.95. The third-order valence-corrected chi connectivity index (χ3v) is 4.93. The van der Waals surface area contributed by atoms with Crippen molar-refractivity contribution >= 4 is 15.9 Å². The zero-order valence-electron chi connectivity index (χ0n) is 9.72. The number of nitrogens with zero attached hydrogens (tertiary/aromatic N) is 1. The molecular formula is C10H18N2O4S. The summed E-state index contributed by atoms with van der Waals surface area (Å²) in [5.41, 5.74) is 0. The number of amides is 1. The highest BCUT2D eigenvalue weighted by atomic mass is 32.2. The predicted octanol–water partition coefficient (Wildman–Crippen LogP) is -0.683. The lowest BCUT2D eigenvalue weighted by Gasteiger charge is -2.29. The van der Waals surface area contributed by atoms with Gasteiger partial charge in [0.15, 0.2) is 0 Å². The second-order valence-electron chi connectivity index (χ2n) is 4.37. The summed E-state index contributed by atoms with van der Waals surface area (Å²) >= 11 is 0. The van der Waals surface area contributed by atoms with E-state index in [1.54, 1.807) is 0 Å². The number of carbonyl (C=O) groups excluding carboxylic acids is 1. The third-order valence-electron chi connectivity index (χ3n) is 3.07. The summed E-state index contributed by atoms with van der Waals surface area (Å²) < 4.78 is 29.9. The second-order valence-corrected chi connectivity index (χ2v) is 6.38. The van der Waals surface area contributed by atoms with Gasteiger partial charge in [-0.15, -0.1) is 0 Å². The van der Waals surface area contributed by atoms with Gasteiger partial charge >= 0.3 is 0 Å². The van der Waals surface area contributed by atoms with Crippen LogP contribution < -0.4 is 5.32 Å². The van der Waals surface area contributed by atoms with Gasteiger partial charge in [-0.25, -0.2) is 12.7 Å². The molecule has 0 spiro atoms. The van der Waals surface area contributed by atoms with Gasteiger partial charge in [0.25, 0.3) is 0 Å². The van der Waals surface area contributed by atoms with E-state index < -0.39 is 10.0 Å². The van der Waals surface area contributed by atoms with Gasteiger partial charge in [-0.05, 0) is 12.8 Å². The van der Waals surface area contributed by atoms with Crippen molar-refractivity contribution < 1.29 is 17.9 Å². The number of hydrogen-bond donors (Lipinski definition) is 1. The summed E-state index contributed by atoms with van der Waals surface area (Å²) in [4.78, 5) is 11.6. The number of hydrogen-bond acceptors (Lipinski definition) is 5. The topological polar surface area (TPSA) is 75.7 Å². The monoisotopic (exact) mass is 262 g/mol. The lowest BCUT2D eigenvalue weighted by molar-refractivity contribution is -0.127. The van der Waals surface area contributed by atoms with E-state index in [0.717, 1.165) is 17.4 Å². The largest absolute Gasteiger partial charge is 0.376 e. The molecular weight excluding hydrogens is 244 g/mol. The summed E-state index contributed by atoms with van der Waals surface area (Å²) in [7, 11) is -3.37. The minimum absolute atomic E-state index is 0.00803. The zero-order chi connectivity index (χ0) is 12.3. The van der Waals surface area contributed by atoms with Crippen molar-refractivity contribution in [3.8, 4) is 0 Å². The Kier molecular flexibility index (Phi) is 4.01. The van der Waals surface area contributed by atoms with Crippen LogP contribution >= 0.6 is 0 Å². The maximum atomic E-state index is 11.7. The molecule has 98 valence electrons. The SMILES string of the molecule is O=C1CCCS(=O)(=O)N1CCC1CNCCO1. The molecule has 2 saturated heterocycles. The fourth-order valence-corrected chi connectivity index (χ4v) is 3.64. The van der Waals surface area contributed by atoms with Crippen LogP contribution in [-0.2, 0) is 19.6 Å². The number of sulfonamides is 1. The van der Waals surface area contributed by atoms with Crippen LogP contribution in [0.2, 0.25) is 0 Å². The Labute approximate surface area is 101 Å². The molecule has 1 N–H and O–H groups in total. The van der Waals surface area contributed by atoms with Gasteiger partial charge < -0.3 is 10.1 Å². The number of nitrogens with one attached hydrogen (secondary N) is 1. The number of rotatable bonds is 3. The molecule has 0 aliphatic carbocycles. The molecule has 6 nitrogen and oxygen atoms in total. The molecule has 0 saturated carbocycles. The maximum absolute atomic E-state index is 11.7. The van der Waals surface area contributed by atoms with Crippen molar-refractivity contribution in [2.75, 3.05) is 32.0 Å². The lowest BCUT2D eigenvalue weighted by Crippen LogP contribution is -2.45. The van der Waals surface area contributed by atoms with Gasteiger partial charge in [0.05, 0.1) is 18.5 Å². The van der Waals surface area contributed by atoms with Crippen LogP contribution in [0.5, 0.6) is 0 Å². The first kappa shape index (κ1) is 12.8. The van der Waals surface area contributed by atoms with E-state index in [-0.39, 0.29) is 24.3 Å². The Balaban J connectivity index is 1.89. The van der Waals surface area contributed by atoms with Gasteiger partial charge in [-0.3, -0.25) is 4.79 Å². The molecule has 0 radical (unpaired) electrons. The normalized spacial score (nSPS) is 29.3. The molecule has 1 unspecified atom stereocenters. The molecule has 2 heterocycles. The Bertz CT molecular complexity index is 376. The van der Waals surface area contributed by atoms with Crippen LogP contribution in [0, 0.1) is 0 Å². The van der Waals surface area contributed by atoms with Crippen LogP contribution in [0.15, 0.2) is 0 Å². The fourth-order valence-electron chi connectivity index (χ4n) is 2.13. The molecule has 7 heteroatoms. The molecule has 0 aromatic heterocycles. The quantitative estimate of drug-likeness (QED) is 0.729. The van der Waals surface area contributed by atoms with Crippen LogP contribution in [0.3, 0.4) is 0 Å². The Morgan fingerprint density at radius 2 is 2.29 bits per heavy atom. The molecule has 0 bridgehead atoms. The van der Waals surface area contributed by atoms with Gasteiger partial charge in [0.1, 0.15) is 0 Å². The Morgan fingerprint density at radius 1 is 1.47 bits per heavy atom. The van der Waals surface area contributed by atoms with E-state index in [2.05, 4.69) is 5.32 Å². The average molecular weight is 262 g/mol. The minimum atomic E-state index is -3.37. The molecule has 2 aliphatic heterocycles. The first-order chi connectivity index (χ1) is 8.09. The molecule has 1 amide bonds. The summed E-state index contributed by atoms with van der Waals surface area (Å²) in [6.45, 7) is 2.44. The van der Waals surface area contributed by atoms with Crippen molar-refractivity contribution in [2.24, 2.45) is 0 Å². The van der Waals surface area contributed by atoms with Gasteiger partial charge in [0, 0.05) is 26.1 Å². The first-order valence-corrected chi connectivity index (χ1v) is 7.56. The number of carbonyl (C=O) groups is 1. The minimum Gasteiger partial charge on any atom is -0.376 e. The van der Waals surface area contributed by atoms with E-state index in [0.29, 0.717) is 25.9 Å². The van der Waals surface area contributed by atoms with E-state index in [1.165, 1.54) is 0 Å². The van der Waals surface area contributed by atoms with Gasteiger partial charge in [-0.2, -0.15) is 0 Å². The zero-order valence-corrected chi connectivity index (χ0v) is 10.5. The molecule has 17 heavy (non-hydrogen) atoms. The fraction of sp³-hybridized carbons (Fsp3) is 0.900. The molecule has 2 aliphatic rings. The summed E-state index contributed by atoms with van der Waals surface area (Å²) in [5, 5.41) is 3.18. The highest BCUT2D eigenvalue weighted by Crippen LogP contribution is 2.16. The van der Waals surface area contributed by atoms with E-state index in [4.69, 9.17) is 4.74 Å². The maximum Gasteiger partial charge on any atom is 0.237 e. The standard InChI is InChI=1S/C10H18N2O4S/c13-10-2-1-7-17(14,15)12(10)5-3-9-8-11-4-6-16-9/h9,11H,1-8H2. The highest BCUT2D eigenvalue weighted by molar-refractivity contribution is 7.89. The van der Waals surface area contributed by atoms with Crippen LogP contribution in [0.25, 0.3) is 0 Å². The van der Waals surface area contributed by atoms with E-state index in [9.17, 15) is 13.2 Å². The summed E-state index contributed by atoms with van der Waals surface area (Å²) in [6.07, 6.45) is 1.36. The van der Waals surface area contributed by atoms with Crippen molar-refractivity contribution in [1.82, 2.24) is 9.62 Å². The van der Waals surface area contributed by atoms with E-state index >= 15 is 0 Å². The van der Waals surface area contributed by atoms with Crippen LogP contribution in [0.4, 0.5) is 0 Å². The molecule has 1 atom stereocenters. The summed E-state index contributed by atoms with van der Waals surface area (Å²) in [5.74, 6) is -0.192. The van der Waals surface area contributed by atoms with Gasteiger partial charge in [-0.1, -0.05) is 0 Å². The summed E-state index contributed by atoms with van der Waals surface area (Å²) in [6, 6.07) is 0. The second kappa shape index (κ2) is 5.32. The molecule has 0 aromatic carbocycles. The average Bonchev–Trinajstić information content (AvgIpc) is 2.29. The van der Waals surface area contributed by atoms with Crippen molar-refractivity contribution in [1.29, 1.82) is 0 Å². The lowest BCUT2D eigenvalue weighted by atomic mass is 10.2.